The number of hydrogen-bond donors (Lipinski definition) is 1. The molecule has 3 heterocycles. The largest absolute Gasteiger partial charge is 0.496 e. The molecule has 0 aliphatic carbocycles. The van der Waals surface area contributed by atoms with Crippen molar-refractivity contribution in [3.05, 3.63) is 74.3 Å². The summed E-state index contributed by atoms with van der Waals surface area (Å²) >= 11 is 6.35. The van der Waals surface area contributed by atoms with Gasteiger partial charge in [0.2, 0.25) is 5.95 Å². The van der Waals surface area contributed by atoms with Crippen molar-refractivity contribution in [3.63, 3.8) is 0 Å². The van der Waals surface area contributed by atoms with Gasteiger partial charge in [-0.05, 0) is 31.5 Å². The van der Waals surface area contributed by atoms with Crippen LogP contribution in [0.3, 0.4) is 0 Å². The number of ether oxygens (including phenoxy) is 1. The molecule has 0 unspecified atom stereocenters. The Bertz CT molecular complexity index is 1350. The van der Waals surface area contributed by atoms with Crippen LogP contribution in [0.5, 0.6) is 5.75 Å². The van der Waals surface area contributed by atoms with Crippen molar-refractivity contribution >= 4 is 28.7 Å². The van der Waals surface area contributed by atoms with E-state index in [1.165, 1.54) is 21.3 Å². The number of aryl methyl sites for hydroxylation is 1. The summed E-state index contributed by atoms with van der Waals surface area (Å²) in [6, 6.07) is 5.88. The van der Waals surface area contributed by atoms with E-state index in [4.69, 9.17) is 22.1 Å². The SMILES string of the molecule is COc1c(C)cnc(Cn2c(=O)n(Cc3ccc(F)cc3)c3c(Cl)nc(N)nc32)c1C. The van der Waals surface area contributed by atoms with Gasteiger partial charge < -0.3 is 10.5 Å². The van der Waals surface area contributed by atoms with Gasteiger partial charge in [-0.25, -0.2) is 9.18 Å². The molecule has 31 heavy (non-hydrogen) atoms. The van der Waals surface area contributed by atoms with E-state index >= 15 is 0 Å². The predicted octanol–water partition coefficient (Wildman–Crippen LogP) is 3.08. The van der Waals surface area contributed by atoms with Crippen LogP contribution in [0.25, 0.3) is 11.2 Å². The van der Waals surface area contributed by atoms with Crippen LogP contribution in [0.2, 0.25) is 5.15 Å². The first kappa shape index (κ1) is 20.8. The fourth-order valence-electron chi connectivity index (χ4n) is 3.63. The molecule has 0 amide bonds. The molecule has 0 fully saturated rings. The quantitative estimate of drug-likeness (QED) is 0.477. The standard InChI is InChI=1S/C21H20ClFN6O2/c1-11-8-25-15(12(2)17(11)31-3)10-29-19-16(18(22)26-20(24)27-19)28(21(29)30)9-13-4-6-14(23)7-5-13/h4-8H,9-10H2,1-3H3,(H2,24,26,27). The lowest BCUT2D eigenvalue weighted by Gasteiger charge is -2.12. The molecule has 0 atom stereocenters. The second-order valence-electron chi connectivity index (χ2n) is 7.17. The van der Waals surface area contributed by atoms with E-state index in [1.54, 1.807) is 25.4 Å². The summed E-state index contributed by atoms with van der Waals surface area (Å²) in [7, 11) is 1.59. The number of hydrogen-bond acceptors (Lipinski definition) is 6. The minimum absolute atomic E-state index is 0.0450. The van der Waals surface area contributed by atoms with Crippen molar-refractivity contribution in [2.45, 2.75) is 26.9 Å². The van der Waals surface area contributed by atoms with E-state index in [2.05, 4.69) is 15.0 Å². The van der Waals surface area contributed by atoms with Crippen LogP contribution in [0.15, 0.2) is 35.3 Å². The number of aromatic nitrogens is 5. The van der Waals surface area contributed by atoms with E-state index < -0.39 is 0 Å². The van der Waals surface area contributed by atoms with Gasteiger partial charge in [0.15, 0.2) is 10.8 Å². The molecule has 0 spiro atoms. The van der Waals surface area contributed by atoms with Crippen LogP contribution in [-0.2, 0) is 13.1 Å². The summed E-state index contributed by atoms with van der Waals surface area (Å²) in [6.07, 6.45) is 1.69. The monoisotopic (exact) mass is 442 g/mol. The highest BCUT2D eigenvalue weighted by molar-refractivity contribution is 6.33. The number of nitrogen functional groups attached to an aromatic ring is 1. The van der Waals surface area contributed by atoms with E-state index in [-0.39, 0.29) is 35.7 Å². The van der Waals surface area contributed by atoms with E-state index in [0.29, 0.717) is 22.6 Å². The third kappa shape index (κ3) is 3.72. The van der Waals surface area contributed by atoms with E-state index in [1.807, 2.05) is 13.8 Å². The van der Waals surface area contributed by atoms with Gasteiger partial charge in [0.25, 0.3) is 0 Å². The maximum absolute atomic E-state index is 13.4. The Labute approximate surface area is 182 Å². The molecule has 0 aliphatic heterocycles. The molecule has 4 rings (SSSR count). The highest BCUT2D eigenvalue weighted by Crippen LogP contribution is 2.26. The Morgan fingerprint density at radius 2 is 1.84 bits per heavy atom. The fraction of sp³-hybridized carbons (Fsp3) is 0.238. The van der Waals surface area contributed by atoms with Crippen molar-refractivity contribution in [2.75, 3.05) is 12.8 Å². The van der Waals surface area contributed by atoms with Gasteiger partial charge in [-0.3, -0.25) is 14.1 Å². The third-order valence-corrected chi connectivity index (χ3v) is 5.40. The Kier molecular flexibility index (Phi) is 5.36. The fourth-order valence-corrected chi connectivity index (χ4v) is 3.90. The van der Waals surface area contributed by atoms with Crippen molar-refractivity contribution in [3.8, 4) is 5.75 Å². The average Bonchev–Trinajstić information content (AvgIpc) is 2.97. The molecule has 3 aromatic heterocycles. The minimum Gasteiger partial charge on any atom is -0.496 e. The van der Waals surface area contributed by atoms with Crippen LogP contribution in [0, 0.1) is 19.7 Å². The summed E-state index contributed by atoms with van der Waals surface area (Å²) in [5.74, 6) is 0.305. The number of imidazole rings is 1. The lowest BCUT2D eigenvalue weighted by Crippen LogP contribution is -2.26. The topological polar surface area (TPSA) is 101 Å². The van der Waals surface area contributed by atoms with E-state index in [0.717, 1.165) is 16.7 Å². The van der Waals surface area contributed by atoms with Gasteiger partial charge in [0, 0.05) is 17.3 Å². The molecule has 0 saturated heterocycles. The third-order valence-electron chi connectivity index (χ3n) is 5.14. The van der Waals surface area contributed by atoms with Crippen LogP contribution in [0.4, 0.5) is 10.3 Å². The number of nitrogens with two attached hydrogens (primary N) is 1. The first-order valence-corrected chi connectivity index (χ1v) is 9.83. The first-order valence-electron chi connectivity index (χ1n) is 9.45. The Hall–Kier alpha value is -3.46. The van der Waals surface area contributed by atoms with Gasteiger partial charge in [0.1, 0.15) is 17.1 Å². The zero-order valence-corrected chi connectivity index (χ0v) is 17.9. The predicted molar refractivity (Wildman–Crippen MR) is 116 cm³/mol. The van der Waals surface area contributed by atoms with Crippen LogP contribution >= 0.6 is 11.6 Å². The molecular formula is C21H20ClFN6O2. The van der Waals surface area contributed by atoms with Crippen molar-refractivity contribution in [1.82, 2.24) is 24.1 Å². The molecule has 0 bridgehead atoms. The number of anilines is 1. The van der Waals surface area contributed by atoms with Gasteiger partial charge >= 0.3 is 5.69 Å². The number of fused-ring (bicyclic) bond motifs is 1. The number of pyridine rings is 1. The summed E-state index contributed by atoms with van der Waals surface area (Å²) in [5.41, 5.74) is 9.18. The lowest BCUT2D eigenvalue weighted by atomic mass is 10.1. The molecular weight excluding hydrogens is 423 g/mol. The van der Waals surface area contributed by atoms with Gasteiger partial charge in [-0.15, -0.1) is 0 Å². The molecule has 0 radical (unpaired) electrons. The molecule has 1 aromatic carbocycles. The van der Waals surface area contributed by atoms with Gasteiger partial charge in [0.05, 0.1) is 25.9 Å². The number of halogens is 2. The molecule has 2 N–H and O–H groups in total. The number of benzene rings is 1. The zero-order chi connectivity index (χ0) is 22.3. The normalized spacial score (nSPS) is 11.3. The number of rotatable bonds is 5. The van der Waals surface area contributed by atoms with Crippen LogP contribution < -0.4 is 16.2 Å². The van der Waals surface area contributed by atoms with E-state index in [9.17, 15) is 9.18 Å². The van der Waals surface area contributed by atoms with Gasteiger partial charge in [-0.2, -0.15) is 9.97 Å². The maximum Gasteiger partial charge on any atom is 0.331 e. The molecule has 160 valence electrons. The Balaban J connectivity index is 1.89. The molecule has 8 nitrogen and oxygen atoms in total. The van der Waals surface area contributed by atoms with Crippen molar-refractivity contribution in [1.29, 1.82) is 0 Å². The molecule has 4 aromatic rings. The Morgan fingerprint density at radius 1 is 1.13 bits per heavy atom. The van der Waals surface area contributed by atoms with Crippen LogP contribution in [0.1, 0.15) is 22.4 Å². The smallest absolute Gasteiger partial charge is 0.331 e. The summed E-state index contributed by atoms with van der Waals surface area (Å²) in [4.78, 5) is 26.1. The first-order chi connectivity index (χ1) is 14.8. The minimum atomic E-state index is -0.359. The lowest BCUT2D eigenvalue weighted by molar-refractivity contribution is 0.406. The summed E-state index contributed by atoms with van der Waals surface area (Å²) in [6.45, 7) is 4.09. The molecule has 0 saturated carbocycles. The highest BCUT2D eigenvalue weighted by Gasteiger charge is 2.21. The average molecular weight is 443 g/mol. The van der Waals surface area contributed by atoms with Gasteiger partial charge in [-0.1, -0.05) is 23.7 Å². The molecule has 0 aliphatic rings. The zero-order valence-electron chi connectivity index (χ0n) is 17.2. The second kappa shape index (κ2) is 7.99. The van der Waals surface area contributed by atoms with Crippen molar-refractivity contribution < 1.29 is 9.13 Å². The summed E-state index contributed by atoms with van der Waals surface area (Å²) in [5, 5.41) is 0.0617. The summed E-state index contributed by atoms with van der Waals surface area (Å²) < 4.78 is 21.7. The van der Waals surface area contributed by atoms with Crippen molar-refractivity contribution in [2.24, 2.45) is 0 Å². The van der Waals surface area contributed by atoms with Crippen LogP contribution in [-0.4, -0.2) is 31.2 Å². The maximum atomic E-state index is 13.4. The Morgan fingerprint density at radius 3 is 2.52 bits per heavy atom. The number of methoxy groups -OCH3 is 1. The number of nitrogens with zero attached hydrogens (tertiary/aromatic N) is 5. The second-order valence-corrected chi connectivity index (χ2v) is 7.53. The molecule has 10 heteroatoms. The highest BCUT2D eigenvalue weighted by atomic mass is 35.5.